The first-order valence-electron chi connectivity index (χ1n) is 9.01. The van der Waals surface area contributed by atoms with E-state index >= 15 is 0 Å². The molecule has 2 N–H and O–H groups in total. The number of aliphatic hydroxyl groups is 2. The average Bonchev–Trinajstić information content (AvgIpc) is 2.34. The van der Waals surface area contributed by atoms with E-state index in [-0.39, 0.29) is 75.7 Å². The van der Waals surface area contributed by atoms with Gasteiger partial charge >= 0.3 is 0 Å². The third-order valence-electron chi connectivity index (χ3n) is 3.55. The zero-order valence-corrected chi connectivity index (χ0v) is 22.5. The van der Waals surface area contributed by atoms with E-state index in [2.05, 4.69) is 0 Å². The van der Waals surface area contributed by atoms with Crippen molar-refractivity contribution in [2.24, 2.45) is 21.7 Å². The monoisotopic (exact) mass is 508 g/mol. The van der Waals surface area contributed by atoms with Gasteiger partial charge in [-0.2, -0.15) is 0 Å². The van der Waals surface area contributed by atoms with Crippen molar-refractivity contribution < 1.29 is 61.5 Å². The Labute approximate surface area is 200 Å². The van der Waals surface area contributed by atoms with Gasteiger partial charge in [-0.1, -0.05) is 83.1 Å². The molecule has 0 heterocycles. The number of rotatable bonds is 2. The van der Waals surface area contributed by atoms with E-state index in [1.807, 2.05) is 83.1 Å². The fraction of sp³-hybridized carbons (Fsp3) is 0.727. The molecule has 0 aromatic heterocycles. The minimum Gasteiger partial charge on any atom is -0.512 e. The molecule has 0 aliphatic carbocycles. The summed E-state index contributed by atoms with van der Waals surface area (Å²) in [5.74, 6) is 0.208. The molecular weight excluding hydrogens is 468 g/mol. The minimum atomic E-state index is -0.417. The van der Waals surface area contributed by atoms with Gasteiger partial charge in [0.2, 0.25) is 0 Å². The van der Waals surface area contributed by atoms with Crippen LogP contribution < -0.4 is 0 Å². The SMILES string of the molecule is CC(C)(C)C(=O)/C=C(\O)C(C)(C)C.CC(C)(C)C(=O)C=C(O)C(C)(C)C.[Ce]. The van der Waals surface area contributed by atoms with Crippen LogP contribution in [-0.4, -0.2) is 21.8 Å². The minimum absolute atomic E-state index is 0. The molecule has 0 unspecified atom stereocenters. The van der Waals surface area contributed by atoms with Crippen LogP contribution in [0.4, 0.5) is 0 Å². The summed E-state index contributed by atoms with van der Waals surface area (Å²) in [6.07, 6.45) is 2.67. The molecule has 0 bridgehead atoms. The number of ketones is 2. The summed E-state index contributed by atoms with van der Waals surface area (Å²) < 4.78 is 0. The van der Waals surface area contributed by atoms with Gasteiger partial charge in [0, 0.05) is 75.6 Å². The first-order valence-corrected chi connectivity index (χ1v) is 9.01. The Bertz CT molecular complexity index is 505. The summed E-state index contributed by atoms with van der Waals surface area (Å²) in [5.41, 5.74) is -1.53. The van der Waals surface area contributed by atoms with Gasteiger partial charge in [0.05, 0.1) is 0 Å². The Kier molecular flexibility index (Phi) is 12.9. The third-order valence-corrected chi connectivity index (χ3v) is 3.55. The van der Waals surface area contributed by atoms with Crippen molar-refractivity contribution in [1.29, 1.82) is 0 Å². The van der Waals surface area contributed by atoms with Crippen LogP contribution in [0.5, 0.6) is 0 Å². The van der Waals surface area contributed by atoms with E-state index < -0.39 is 10.8 Å². The van der Waals surface area contributed by atoms with Crippen molar-refractivity contribution in [2.45, 2.75) is 83.1 Å². The molecule has 27 heavy (non-hydrogen) atoms. The second-order valence-corrected chi connectivity index (χ2v) is 10.8. The standard InChI is InChI=1S/2C11H20O2.Ce/c2*1-10(2,3)8(12)7-9(13)11(4,5)6;/h2*7,12H,1-6H3;/b8-7-;;. The third kappa shape index (κ3) is 14.4. The van der Waals surface area contributed by atoms with Gasteiger partial charge in [0.15, 0.2) is 11.6 Å². The van der Waals surface area contributed by atoms with Gasteiger partial charge < -0.3 is 10.2 Å². The second kappa shape index (κ2) is 11.1. The molecule has 5 heteroatoms. The van der Waals surface area contributed by atoms with Crippen LogP contribution in [0.25, 0.3) is 0 Å². The maximum atomic E-state index is 11.5. The Hall–Kier alpha value is -0.203. The van der Waals surface area contributed by atoms with Gasteiger partial charge in [-0.3, -0.25) is 9.59 Å². The molecule has 0 aromatic carbocycles. The van der Waals surface area contributed by atoms with Crippen molar-refractivity contribution >= 4 is 11.6 Å². The van der Waals surface area contributed by atoms with E-state index in [0.717, 1.165) is 0 Å². The van der Waals surface area contributed by atoms with E-state index in [9.17, 15) is 19.8 Å². The molecule has 0 aromatic rings. The summed E-state index contributed by atoms with van der Waals surface area (Å²) in [4.78, 5) is 23.0. The zero-order valence-electron chi connectivity index (χ0n) is 19.4. The first-order chi connectivity index (χ1) is 11.1. The number of allylic oxidation sites excluding steroid dienone is 4. The number of carbonyl (C=O) groups is 2. The Morgan fingerprint density at radius 1 is 0.519 bits per heavy atom. The van der Waals surface area contributed by atoms with Crippen molar-refractivity contribution in [2.75, 3.05) is 0 Å². The number of hydrogen-bond acceptors (Lipinski definition) is 4. The van der Waals surface area contributed by atoms with Gasteiger partial charge in [-0.25, -0.2) is 0 Å². The van der Waals surface area contributed by atoms with E-state index in [0.29, 0.717) is 0 Å². The number of carbonyl (C=O) groups excluding carboxylic acids is 2. The van der Waals surface area contributed by atoms with Gasteiger partial charge in [-0.05, 0) is 0 Å². The van der Waals surface area contributed by atoms with Gasteiger partial charge in [-0.15, -0.1) is 0 Å². The van der Waals surface area contributed by atoms with Crippen LogP contribution in [-0.2, 0) is 9.59 Å². The fourth-order valence-corrected chi connectivity index (χ4v) is 1.11. The Morgan fingerprint density at radius 2 is 0.704 bits per heavy atom. The molecule has 4 nitrogen and oxygen atoms in total. The summed E-state index contributed by atoms with van der Waals surface area (Å²) in [6.45, 7) is 22.2. The molecule has 0 saturated heterocycles. The van der Waals surface area contributed by atoms with E-state index in [4.69, 9.17) is 0 Å². The maximum Gasteiger partial charge on any atom is 0.164 e. The van der Waals surface area contributed by atoms with Crippen LogP contribution in [0.2, 0.25) is 0 Å². The molecule has 0 fully saturated rings. The molecule has 156 valence electrons. The predicted molar refractivity (Wildman–Crippen MR) is 109 cm³/mol. The van der Waals surface area contributed by atoms with E-state index in [1.165, 1.54) is 12.2 Å². The Morgan fingerprint density at radius 3 is 0.815 bits per heavy atom. The van der Waals surface area contributed by atoms with Crippen molar-refractivity contribution in [3.63, 3.8) is 0 Å². The number of aliphatic hydroxyl groups excluding tert-OH is 2. The molecule has 0 amide bonds. The number of hydrogen-bond donors (Lipinski definition) is 2. The zero-order chi connectivity index (χ0) is 21.7. The molecule has 0 aliphatic heterocycles. The van der Waals surface area contributed by atoms with Crippen LogP contribution in [0.3, 0.4) is 0 Å². The predicted octanol–water partition coefficient (Wildman–Crippen LogP) is 6.18. The normalized spacial score (nSPS) is 13.9. The van der Waals surface area contributed by atoms with E-state index in [1.54, 1.807) is 0 Å². The van der Waals surface area contributed by atoms with Gasteiger partial charge in [0.25, 0.3) is 0 Å². The largest absolute Gasteiger partial charge is 0.512 e. The summed E-state index contributed by atoms with van der Waals surface area (Å²) in [5, 5.41) is 19.1. The topological polar surface area (TPSA) is 74.6 Å². The quantitative estimate of drug-likeness (QED) is 0.345. The van der Waals surface area contributed by atoms with Crippen LogP contribution >= 0.6 is 0 Å². The fourth-order valence-electron chi connectivity index (χ4n) is 1.11. The second-order valence-electron chi connectivity index (χ2n) is 10.8. The first kappa shape index (κ1) is 31.5. The molecule has 0 atom stereocenters. The molecule has 0 rings (SSSR count). The van der Waals surface area contributed by atoms with Crippen molar-refractivity contribution in [1.82, 2.24) is 0 Å². The molecular formula is C22H40CeO4. The van der Waals surface area contributed by atoms with Crippen LogP contribution in [0.15, 0.2) is 23.7 Å². The van der Waals surface area contributed by atoms with Crippen molar-refractivity contribution in [3.05, 3.63) is 23.7 Å². The van der Waals surface area contributed by atoms with Crippen LogP contribution in [0, 0.1) is 63.4 Å². The molecule has 0 spiro atoms. The smallest absolute Gasteiger partial charge is 0.164 e. The van der Waals surface area contributed by atoms with Gasteiger partial charge in [0.1, 0.15) is 11.5 Å². The average molecular weight is 509 g/mol. The molecule has 0 saturated carbocycles. The van der Waals surface area contributed by atoms with Crippen LogP contribution in [0.1, 0.15) is 83.1 Å². The maximum absolute atomic E-state index is 11.5. The summed E-state index contributed by atoms with van der Waals surface area (Å²) in [6, 6.07) is 0. The molecule has 0 radical (unpaired) electrons. The summed E-state index contributed by atoms with van der Waals surface area (Å²) >= 11 is 0. The molecule has 0 aliphatic rings. The summed E-state index contributed by atoms with van der Waals surface area (Å²) in [7, 11) is 0. The Balaban J connectivity index is -0.000000411. The van der Waals surface area contributed by atoms with Crippen molar-refractivity contribution in [3.8, 4) is 0 Å².